The predicted octanol–water partition coefficient (Wildman–Crippen LogP) is 2.94. The normalized spacial score (nSPS) is 15.5. The number of nitrogens with zero attached hydrogens (tertiary/aromatic N) is 1. The number of hydrogen-bond acceptors (Lipinski definition) is 5. The molecule has 0 atom stereocenters. The standard InChI is InChI=1S/C17H20N2O4S/c1-11-7-10-22-15(11)16(20)18-12-5-8-19(9-6-12)17(21)13-3-4-14(23-13)24-2/h3-4,7,10,12H,5-6,8-9H2,1-2H3,(H,18,20). The van der Waals surface area contributed by atoms with E-state index in [0.717, 1.165) is 10.7 Å². The lowest BCUT2D eigenvalue weighted by Gasteiger charge is -2.31. The quantitative estimate of drug-likeness (QED) is 0.860. The molecule has 24 heavy (non-hydrogen) atoms. The van der Waals surface area contributed by atoms with Gasteiger partial charge in [-0.25, -0.2) is 0 Å². The van der Waals surface area contributed by atoms with Crippen LogP contribution < -0.4 is 5.32 Å². The van der Waals surface area contributed by atoms with Gasteiger partial charge in [0.05, 0.1) is 6.26 Å². The first-order valence-electron chi connectivity index (χ1n) is 7.86. The van der Waals surface area contributed by atoms with Gasteiger partial charge in [0.1, 0.15) is 0 Å². The van der Waals surface area contributed by atoms with Crippen molar-refractivity contribution in [1.29, 1.82) is 0 Å². The molecule has 0 bridgehead atoms. The molecular formula is C17H20N2O4S. The summed E-state index contributed by atoms with van der Waals surface area (Å²) in [6, 6.07) is 5.32. The van der Waals surface area contributed by atoms with Gasteiger partial charge in [-0.2, -0.15) is 0 Å². The Morgan fingerprint density at radius 1 is 1.25 bits per heavy atom. The van der Waals surface area contributed by atoms with Gasteiger partial charge in [-0.1, -0.05) is 11.8 Å². The summed E-state index contributed by atoms with van der Waals surface area (Å²) >= 11 is 1.47. The van der Waals surface area contributed by atoms with Crippen LogP contribution in [0.3, 0.4) is 0 Å². The summed E-state index contributed by atoms with van der Waals surface area (Å²) in [4.78, 5) is 26.3. The van der Waals surface area contributed by atoms with Gasteiger partial charge in [0.15, 0.2) is 16.6 Å². The fourth-order valence-corrected chi connectivity index (χ4v) is 3.16. The number of rotatable bonds is 4. The topological polar surface area (TPSA) is 75.7 Å². The number of thioether (sulfide) groups is 1. The number of piperidine rings is 1. The third-order valence-electron chi connectivity index (χ3n) is 4.18. The molecule has 1 N–H and O–H groups in total. The van der Waals surface area contributed by atoms with Crippen molar-refractivity contribution in [1.82, 2.24) is 10.2 Å². The molecule has 0 aromatic carbocycles. The van der Waals surface area contributed by atoms with Crippen molar-refractivity contribution in [3.05, 3.63) is 41.5 Å². The van der Waals surface area contributed by atoms with Gasteiger partial charge in [0, 0.05) is 24.7 Å². The van der Waals surface area contributed by atoms with Crippen LogP contribution in [0.25, 0.3) is 0 Å². The lowest BCUT2D eigenvalue weighted by molar-refractivity contribution is 0.0660. The molecule has 1 saturated heterocycles. The van der Waals surface area contributed by atoms with Crippen LogP contribution in [-0.2, 0) is 0 Å². The molecule has 1 aliphatic heterocycles. The monoisotopic (exact) mass is 348 g/mol. The summed E-state index contributed by atoms with van der Waals surface area (Å²) in [6.07, 6.45) is 4.85. The second-order valence-electron chi connectivity index (χ2n) is 5.80. The third-order valence-corrected chi connectivity index (χ3v) is 4.80. The predicted molar refractivity (Wildman–Crippen MR) is 90.3 cm³/mol. The minimum atomic E-state index is -0.196. The molecule has 1 fully saturated rings. The highest BCUT2D eigenvalue weighted by molar-refractivity contribution is 7.98. The Morgan fingerprint density at radius 2 is 2.00 bits per heavy atom. The van der Waals surface area contributed by atoms with Gasteiger partial charge < -0.3 is 19.1 Å². The second-order valence-corrected chi connectivity index (χ2v) is 6.61. The molecule has 7 heteroatoms. The summed E-state index contributed by atoms with van der Waals surface area (Å²) < 4.78 is 10.7. The van der Waals surface area contributed by atoms with E-state index in [1.54, 1.807) is 23.1 Å². The third kappa shape index (κ3) is 3.51. The molecule has 0 unspecified atom stereocenters. The zero-order valence-electron chi connectivity index (χ0n) is 13.7. The van der Waals surface area contributed by atoms with Crippen LogP contribution in [0.2, 0.25) is 0 Å². The zero-order chi connectivity index (χ0) is 17.1. The molecule has 2 aromatic rings. The van der Waals surface area contributed by atoms with Crippen molar-refractivity contribution in [3.8, 4) is 0 Å². The molecular weight excluding hydrogens is 328 g/mol. The number of nitrogens with one attached hydrogen (secondary N) is 1. The second kappa shape index (κ2) is 7.17. The number of amides is 2. The van der Waals surface area contributed by atoms with E-state index in [9.17, 15) is 9.59 Å². The van der Waals surface area contributed by atoms with E-state index in [4.69, 9.17) is 8.83 Å². The highest BCUT2D eigenvalue weighted by Gasteiger charge is 2.27. The number of likely N-dealkylation sites (tertiary alicyclic amines) is 1. The maximum Gasteiger partial charge on any atom is 0.289 e. The van der Waals surface area contributed by atoms with Crippen LogP contribution in [-0.4, -0.2) is 42.1 Å². The van der Waals surface area contributed by atoms with E-state index in [2.05, 4.69) is 5.32 Å². The number of carbonyl (C=O) groups excluding carboxylic acids is 2. The maximum atomic E-state index is 12.4. The van der Waals surface area contributed by atoms with Gasteiger partial charge in [0.25, 0.3) is 11.8 Å². The van der Waals surface area contributed by atoms with Gasteiger partial charge in [-0.3, -0.25) is 9.59 Å². The summed E-state index contributed by atoms with van der Waals surface area (Å²) in [6.45, 7) is 3.03. The molecule has 1 aliphatic rings. The molecule has 6 nitrogen and oxygen atoms in total. The van der Waals surface area contributed by atoms with E-state index in [1.165, 1.54) is 18.0 Å². The van der Waals surface area contributed by atoms with Gasteiger partial charge >= 0.3 is 0 Å². The van der Waals surface area contributed by atoms with E-state index in [1.807, 2.05) is 13.2 Å². The fraction of sp³-hybridized carbons (Fsp3) is 0.412. The smallest absolute Gasteiger partial charge is 0.289 e. The average molecular weight is 348 g/mol. The van der Waals surface area contributed by atoms with Crippen molar-refractivity contribution < 1.29 is 18.4 Å². The van der Waals surface area contributed by atoms with Crippen molar-refractivity contribution in [3.63, 3.8) is 0 Å². The number of hydrogen-bond donors (Lipinski definition) is 1. The van der Waals surface area contributed by atoms with Crippen LogP contribution in [0, 0.1) is 6.92 Å². The van der Waals surface area contributed by atoms with Crippen LogP contribution in [0.4, 0.5) is 0 Å². The lowest BCUT2D eigenvalue weighted by atomic mass is 10.0. The molecule has 2 amide bonds. The largest absolute Gasteiger partial charge is 0.459 e. The van der Waals surface area contributed by atoms with Crippen LogP contribution in [0.5, 0.6) is 0 Å². The lowest BCUT2D eigenvalue weighted by Crippen LogP contribution is -2.46. The fourth-order valence-electron chi connectivity index (χ4n) is 2.78. The maximum absolute atomic E-state index is 12.4. The minimum absolute atomic E-state index is 0.0457. The van der Waals surface area contributed by atoms with Crippen LogP contribution >= 0.6 is 11.8 Å². The zero-order valence-corrected chi connectivity index (χ0v) is 14.5. The Hall–Kier alpha value is -2.15. The Bertz CT molecular complexity index is 729. The van der Waals surface area contributed by atoms with E-state index < -0.39 is 0 Å². The van der Waals surface area contributed by atoms with Crippen molar-refractivity contribution in [2.45, 2.75) is 30.9 Å². The van der Waals surface area contributed by atoms with Crippen molar-refractivity contribution in [2.24, 2.45) is 0 Å². The van der Waals surface area contributed by atoms with Gasteiger partial charge in [-0.05, 0) is 44.2 Å². The first kappa shape index (κ1) is 16.7. The Balaban J connectivity index is 1.53. The highest BCUT2D eigenvalue weighted by atomic mass is 32.2. The summed E-state index contributed by atoms with van der Waals surface area (Å²) in [5, 5.41) is 3.71. The summed E-state index contributed by atoms with van der Waals surface area (Å²) in [5.74, 6) is 0.432. The summed E-state index contributed by atoms with van der Waals surface area (Å²) in [5.41, 5.74) is 0.822. The number of furan rings is 2. The molecule has 0 radical (unpaired) electrons. The molecule has 3 rings (SSSR count). The molecule has 128 valence electrons. The number of carbonyl (C=O) groups is 2. The van der Waals surface area contributed by atoms with Crippen molar-refractivity contribution in [2.75, 3.05) is 19.3 Å². The van der Waals surface area contributed by atoms with E-state index >= 15 is 0 Å². The molecule has 2 aromatic heterocycles. The average Bonchev–Trinajstić information content (AvgIpc) is 3.23. The Kier molecular flexibility index (Phi) is 4.99. The van der Waals surface area contributed by atoms with E-state index in [0.29, 0.717) is 37.5 Å². The number of aryl methyl sites for hydroxylation is 1. The molecule has 3 heterocycles. The van der Waals surface area contributed by atoms with Crippen LogP contribution in [0.1, 0.15) is 39.5 Å². The SMILES string of the molecule is CSc1ccc(C(=O)N2CCC(NC(=O)c3occc3C)CC2)o1. The first-order valence-corrected chi connectivity index (χ1v) is 9.09. The Morgan fingerprint density at radius 3 is 2.58 bits per heavy atom. The van der Waals surface area contributed by atoms with Gasteiger partial charge in [-0.15, -0.1) is 0 Å². The highest BCUT2D eigenvalue weighted by Crippen LogP contribution is 2.21. The van der Waals surface area contributed by atoms with Gasteiger partial charge in [0.2, 0.25) is 0 Å². The molecule has 0 saturated carbocycles. The van der Waals surface area contributed by atoms with Crippen LogP contribution in [0.15, 0.2) is 38.4 Å². The summed E-state index contributed by atoms with van der Waals surface area (Å²) in [7, 11) is 0. The Labute approximate surface area is 144 Å². The first-order chi connectivity index (χ1) is 11.6. The van der Waals surface area contributed by atoms with Crippen molar-refractivity contribution >= 4 is 23.6 Å². The molecule has 0 aliphatic carbocycles. The minimum Gasteiger partial charge on any atom is -0.459 e. The molecule has 0 spiro atoms. The van der Waals surface area contributed by atoms with E-state index in [-0.39, 0.29) is 17.9 Å².